The number of carbonyl (C=O) groups excluding carboxylic acids is 2. The average Bonchev–Trinajstić information content (AvgIpc) is 3.39. The van der Waals surface area contributed by atoms with Crippen LogP contribution < -0.4 is 4.74 Å². The monoisotopic (exact) mass is 403 g/mol. The van der Waals surface area contributed by atoms with E-state index in [9.17, 15) is 14.7 Å². The molecule has 1 N–H and O–H groups in total. The SMILES string of the molecule is CCOc1ccc(CN2C(=O)C(O)=C(C(=O)c3ccco3)C2c2ccccc2)cc1. The highest BCUT2D eigenvalue weighted by molar-refractivity contribution is 6.14. The molecule has 1 unspecified atom stereocenters. The Bertz CT molecular complexity index is 1070. The van der Waals surface area contributed by atoms with Crippen LogP contribution in [-0.2, 0) is 11.3 Å². The predicted octanol–water partition coefficient (Wildman–Crippen LogP) is 4.46. The first-order valence-electron chi connectivity index (χ1n) is 9.69. The van der Waals surface area contributed by atoms with Gasteiger partial charge in [0.15, 0.2) is 11.5 Å². The zero-order valence-corrected chi connectivity index (χ0v) is 16.4. The lowest BCUT2D eigenvalue weighted by Gasteiger charge is -2.27. The Labute approximate surface area is 174 Å². The number of Topliss-reactive ketones (excluding diaryl/α,β-unsaturated/α-hetero) is 1. The van der Waals surface area contributed by atoms with Crippen LogP contribution in [0.4, 0.5) is 0 Å². The normalized spacial score (nSPS) is 16.2. The third-order valence-corrected chi connectivity index (χ3v) is 5.00. The molecule has 2 heterocycles. The van der Waals surface area contributed by atoms with Crippen LogP contribution in [0.2, 0.25) is 0 Å². The van der Waals surface area contributed by atoms with Crippen LogP contribution in [0.1, 0.15) is 34.6 Å². The number of furan rings is 1. The summed E-state index contributed by atoms with van der Waals surface area (Å²) in [6.45, 7) is 2.70. The van der Waals surface area contributed by atoms with Gasteiger partial charge in [0.25, 0.3) is 5.91 Å². The quantitative estimate of drug-likeness (QED) is 0.589. The van der Waals surface area contributed by atoms with Crippen molar-refractivity contribution in [1.82, 2.24) is 4.90 Å². The van der Waals surface area contributed by atoms with E-state index in [1.807, 2.05) is 61.5 Å². The van der Waals surface area contributed by atoms with Gasteiger partial charge in [-0.3, -0.25) is 9.59 Å². The molecule has 0 saturated carbocycles. The van der Waals surface area contributed by atoms with Crippen LogP contribution >= 0.6 is 0 Å². The smallest absolute Gasteiger partial charge is 0.290 e. The van der Waals surface area contributed by atoms with Crippen LogP contribution in [0.5, 0.6) is 5.75 Å². The van der Waals surface area contributed by atoms with E-state index < -0.39 is 23.5 Å². The molecule has 1 aliphatic heterocycles. The Morgan fingerprint density at radius 1 is 1.07 bits per heavy atom. The average molecular weight is 403 g/mol. The molecule has 6 nitrogen and oxygen atoms in total. The van der Waals surface area contributed by atoms with Gasteiger partial charge in [-0.25, -0.2) is 0 Å². The predicted molar refractivity (Wildman–Crippen MR) is 110 cm³/mol. The molecule has 3 aromatic rings. The Balaban J connectivity index is 1.71. The maximum atomic E-state index is 13.1. The Hall–Kier alpha value is -3.80. The zero-order valence-electron chi connectivity index (χ0n) is 16.4. The number of nitrogens with zero attached hydrogens (tertiary/aromatic N) is 1. The van der Waals surface area contributed by atoms with Crippen molar-refractivity contribution in [2.75, 3.05) is 6.61 Å². The van der Waals surface area contributed by atoms with Gasteiger partial charge in [0.05, 0.1) is 24.5 Å². The van der Waals surface area contributed by atoms with Gasteiger partial charge in [-0.1, -0.05) is 42.5 Å². The van der Waals surface area contributed by atoms with Gasteiger partial charge in [-0.2, -0.15) is 0 Å². The second-order valence-corrected chi connectivity index (χ2v) is 6.89. The van der Waals surface area contributed by atoms with Gasteiger partial charge in [-0.05, 0) is 42.3 Å². The molecule has 0 radical (unpaired) electrons. The van der Waals surface area contributed by atoms with Gasteiger partial charge in [0, 0.05) is 6.54 Å². The Morgan fingerprint density at radius 3 is 2.43 bits per heavy atom. The van der Waals surface area contributed by atoms with Crippen molar-refractivity contribution in [2.45, 2.75) is 19.5 Å². The van der Waals surface area contributed by atoms with E-state index in [1.165, 1.54) is 17.2 Å². The van der Waals surface area contributed by atoms with E-state index in [0.29, 0.717) is 6.61 Å². The van der Waals surface area contributed by atoms with E-state index in [1.54, 1.807) is 6.07 Å². The number of hydrogen-bond donors (Lipinski definition) is 1. The van der Waals surface area contributed by atoms with Crippen molar-refractivity contribution in [2.24, 2.45) is 0 Å². The summed E-state index contributed by atoms with van der Waals surface area (Å²) in [5, 5.41) is 10.6. The summed E-state index contributed by atoms with van der Waals surface area (Å²) in [5.74, 6) is -0.825. The summed E-state index contributed by atoms with van der Waals surface area (Å²) >= 11 is 0. The zero-order chi connectivity index (χ0) is 21.1. The number of rotatable bonds is 7. The number of aliphatic hydroxyl groups is 1. The highest BCUT2D eigenvalue weighted by Gasteiger charge is 2.44. The number of hydrogen-bond acceptors (Lipinski definition) is 5. The van der Waals surface area contributed by atoms with E-state index in [4.69, 9.17) is 9.15 Å². The van der Waals surface area contributed by atoms with Gasteiger partial charge in [0.2, 0.25) is 5.78 Å². The standard InChI is InChI=1S/C24H21NO5/c1-2-29-18-12-10-16(11-13-18)15-25-21(17-7-4-3-5-8-17)20(23(27)24(25)28)22(26)19-9-6-14-30-19/h3-14,21,27H,2,15H2,1H3. The molecule has 6 heteroatoms. The molecular weight excluding hydrogens is 382 g/mol. The van der Waals surface area contributed by atoms with E-state index in [2.05, 4.69) is 0 Å². The third-order valence-electron chi connectivity index (χ3n) is 5.00. The molecule has 2 aromatic carbocycles. The molecule has 0 saturated heterocycles. The molecule has 1 amide bonds. The van der Waals surface area contributed by atoms with Crippen molar-refractivity contribution in [3.8, 4) is 5.75 Å². The van der Waals surface area contributed by atoms with E-state index in [0.717, 1.165) is 16.9 Å². The maximum absolute atomic E-state index is 13.1. The van der Waals surface area contributed by atoms with Crippen LogP contribution in [-0.4, -0.2) is 28.3 Å². The molecule has 1 aliphatic rings. The molecule has 1 aromatic heterocycles. The molecule has 0 fully saturated rings. The van der Waals surface area contributed by atoms with Crippen molar-refractivity contribution in [1.29, 1.82) is 0 Å². The summed E-state index contributed by atoms with van der Waals surface area (Å²) in [5.41, 5.74) is 1.61. The summed E-state index contributed by atoms with van der Waals surface area (Å²) in [4.78, 5) is 27.5. The summed E-state index contributed by atoms with van der Waals surface area (Å²) in [7, 11) is 0. The van der Waals surface area contributed by atoms with Gasteiger partial charge in [0.1, 0.15) is 5.75 Å². The number of amides is 1. The minimum absolute atomic E-state index is 0.0205. The number of carbonyl (C=O) groups is 2. The van der Waals surface area contributed by atoms with Crippen LogP contribution in [0, 0.1) is 0 Å². The molecule has 0 bridgehead atoms. The highest BCUT2D eigenvalue weighted by atomic mass is 16.5. The minimum atomic E-state index is -0.720. The fourth-order valence-electron chi connectivity index (χ4n) is 3.63. The molecule has 0 aliphatic carbocycles. The molecule has 0 spiro atoms. The molecule has 30 heavy (non-hydrogen) atoms. The van der Waals surface area contributed by atoms with E-state index in [-0.39, 0.29) is 17.9 Å². The van der Waals surface area contributed by atoms with Crippen molar-refractivity contribution in [3.05, 3.63) is 101 Å². The van der Waals surface area contributed by atoms with Gasteiger partial charge < -0.3 is 19.2 Å². The first-order chi connectivity index (χ1) is 14.6. The van der Waals surface area contributed by atoms with Crippen molar-refractivity contribution in [3.63, 3.8) is 0 Å². The fourth-order valence-corrected chi connectivity index (χ4v) is 3.63. The number of benzene rings is 2. The topological polar surface area (TPSA) is 80.0 Å². The van der Waals surface area contributed by atoms with Crippen LogP contribution in [0.15, 0.2) is 88.7 Å². The minimum Gasteiger partial charge on any atom is -0.503 e. The molecule has 152 valence electrons. The van der Waals surface area contributed by atoms with Crippen LogP contribution in [0.3, 0.4) is 0 Å². The highest BCUT2D eigenvalue weighted by Crippen LogP contribution is 2.40. The molecular formula is C24H21NO5. The third kappa shape index (κ3) is 3.59. The lowest BCUT2D eigenvalue weighted by molar-refractivity contribution is -0.130. The lowest BCUT2D eigenvalue weighted by atomic mass is 9.95. The van der Waals surface area contributed by atoms with E-state index >= 15 is 0 Å². The number of aliphatic hydroxyl groups excluding tert-OH is 1. The fraction of sp³-hybridized carbons (Fsp3) is 0.167. The van der Waals surface area contributed by atoms with Gasteiger partial charge in [-0.15, -0.1) is 0 Å². The second-order valence-electron chi connectivity index (χ2n) is 6.89. The number of ether oxygens (including phenoxy) is 1. The summed E-state index contributed by atoms with van der Waals surface area (Å²) in [6, 6.07) is 19.0. The summed E-state index contributed by atoms with van der Waals surface area (Å²) in [6.07, 6.45) is 1.39. The van der Waals surface area contributed by atoms with Gasteiger partial charge >= 0.3 is 0 Å². The number of ketones is 1. The van der Waals surface area contributed by atoms with Crippen LogP contribution in [0.25, 0.3) is 0 Å². The second kappa shape index (κ2) is 8.29. The largest absolute Gasteiger partial charge is 0.503 e. The molecule has 1 atom stereocenters. The van der Waals surface area contributed by atoms with Crippen molar-refractivity contribution >= 4 is 11.7 Å². The Kier molecular flexibility index (Phi) is 5.39. The first kappa shape index (κ1) is 19.5. The lowest BCUT2D eigenvalue weighted by Crippen LogP contribution is -2.30. The summed E-state index contributed by atoms with van der Waals surface area (Å²) < 4.78 is 10.7. The maximum Gasteiger partial charge on any atom is 0.290 e. The first-order valence-corrected chi connectivity index (χ1v) is 9.69. The Morgan fingerprint density at radius 2 is 1.80 bits per heavy atom. The molecule has 4 rings (SSSR count). The van der Waals surface area contributed by atoms with Crippen molar-refractivity contribution < 1.29 is 23.8 Å².